The van der Waals surface area contributed by atoms with E-state index in [1.807, 2.05) is 30.3 Å². The lowest BCUT2D eigenvalue weighted by molar-refractivity contribution is 0.0693. The minimum Gasteiger partial charge on any atom is -0.277 e. The molecule has 2 amide bonds. The molecule has 6 nitrogen and oxygen atoms in total. The number of amides is 2. The number of sulfonamides is 1. The molecule has 1 saturated heterocycles. The van der Waals surface area contributed by atoms with Crippen LogP contribution in [0.3, 0.4) is 0 Å². The number of hydrogen-bond acceptors (Lipinski definition) is 4. The number of piperidine rings is 1. The molecule has 0 radical (unpaired) electrons. The van der Waals surface area contributed by atoms with Gasteiger partial charge in [-0.25, -0.2) is 8.42 Å². The number of carbonyl (C=O) groups excluding carboxylic acids is 2. The Morgan fingerprint density at radius 1 is 0.964 bits per heavy atom. The molecule has 0 aromatic heterocycles. The Bertz CT molecular complexity index is 1030. The minimum absolute atomic E-state index is 0.0719. The third-order valence-corrected chi connectivity index (χ3v) is 7.50. The van der Waals surface area contributed by atoms with Gasteiger partial charge in [0.15, 0.2) is 0 Å². The van der Waals surface area contributed by atoms with Gasteiger partial charge < -0.3 is 0 Å². The van der Waals surface area contributed by atoms with Gasteiger partial charge in [0, 0.05) is 19.6 Å². The molecule has 0 aliphatic carbocycles. The Morgan fingerprint density at radius 3 is 2.43 bits per heavy atom. The molecule has 0 N–H and O–H groups in total. The van der Waals surface area contributed by atoms with Crippen molar-refractivity contribution in [3.05, 3.63) is 65.2 Å². The number of nitrogens with zero attached hydrogens (tertiary/aromatic N) is 2. The molecule has 0 spiro atoms. The topological polar surface area (TPSA) is 74.8 Å². The number of fused-ring (bicyclic) bond motifs is 1. The Morgan fingerprint density at radius 2 is 1.68 bits per heavy atom. The summed E-state index contributed by atoms with van der Waals surface area (Å²) in [5.41, 5.74) is 1.52. The molecule has 1 unspecified atom stereocenters. The van der Waals surface area contributed by atoms with Crippen LogP contribution in [-0.4, -0.2) is 49.1 Å². The van der Waals surface area contributed by atoms with E-state index in [4.69, 9.17) is 0 Å². The molecule has 2 aromatic carbocycles. The monoisotopic (exact) mass is 398 g/mol. The van der Waals surface area contributed by atoms with Gasteiger partial charge in [0.1, 0.15) is 0 Å². The maximum Gasteiger partial charge on any atom is 0.261 e. The van der Waals surface area contributed by atoms with E-state index in [9.17, 15) is 18.0 Å². The molecular formula is C21H22N2O4S. The molecule has 2 aromatic rings. The fraction of sp³-hybridized carbons (Fsp3) is 0.333. The first-order valence-corrected chi connectivity index (χ1v) is 10.9. The lowest BCUT2D eigenvalue weighted by Gasteiger charge is -2.35. The third-order valence-electron chi connectivity index (χ3n) is 5.55. The highest BCUT2D eigenvalue weighted by Crippen LogP contribution is 2.30. The minimum atomic E-state index is -3.76. The summed E-state index contributed by atoms with van der Waals surface area (Å²) in [5.74, 6) is -0.861. The zero-order chi connectivity index (χ0) is 19.9. The van der Waals surface area contributed by atoms with Crippen molar-refractivity contribution in [3.8, 4) is 0 Å². The Labute approximate surface area is 164 Å². The molecule has 7 heteroatoms. The van der Waals surface area contributed by atoms with Gasteiger partial charge >= 0.3 is 0 Å². The van der Waals surface area contributed by atoms with Crippen molar-refractivity contribution in [1.29, 1.82) is 0 Å². The van der Waals surface area contributed by atoms with Gasteiger partial charge in [-0.3, -0.25) is 14.5 Å². The van der Waals surface area contributed by atoms with Crippen LogP contribution in [0.25, 0.3) is 0 Å². The molecule has 2 aliphatic rings. The highest BCUT2D eigenvalue weighted by molar-refractivity contribution is 7.89. The van der Waals surface area contributed by atoms with Crippen LogP contribution in [0.5, 0.6) is 0 Å². The lowest BCUT2D eigenvalue weighted by Crippen LogP contribution is -2.44. The summed E-state index contributed by atoms with van der Waals surface area (Å²) in [6.45, 7) is 0.462. The van der Waals surface area contributed by atoms with Crippen LogP contribution in [0.1, 0.15) is 45.5 Å². The van der Waals surface area contributed by atoms with Crippen LogP contribution in [0.15, 0.2) is 53.4 Å². The summed E-state index contributed by atoms with van der Waals surface area (Å²) in [6, 6.07) is 14.0. The van der Waals surface area contributed by atoms with Gasteiger partial charge in [-0.15, -0.1) is 0 Å². The third kappa shape index (κ3) is 3.14. The largest absolute Gasteiger partial charge is 0.277 e. The first-order chi connectivity index (χ1) is 13.4. The number of benzene rings is 2. The Hall–Kier alpha value is -2.51. The second kappa shape index (κ2) is 7.14. The predicted molar refractivity (Wildman–Crippen MR) is 105 cm³/mol. The number of imide groups is 1. The molecule has 4 rings (SSSR count). The SMILES string of the molecule is CN1C(=O)c2ccc(S(=O)(=O)N3CCCCC3Cc3ccccc3)cc2C1=O. The summed E-state index contributed by atoms with van der Waals surface area (Å²) in [7, 11) is -2.36. The maximum atomic E-state index is 13.4. The van der Waals surface area contributed by atoms with Crippen LogP contribution >= 0.6 is 0 Å². The molecular weight excluding hydrogens is 376 g/mol. The van der Waals surface area contributed by atoms with E-state index in [1.165, 1.54) is 25.2 Å². The Balaban J connectivity index is 1.67. The normalized spacial score (nSPS) is 20.5. The van der Waals surface area contributed by atoms with E-state index in [-0.39, 0.29) is 22.1 Å². The smallest absolute Gasteiger partial charge is 0.261 e. The van der Waals surface area contributed by atoms with Crippen LogP contribution in [0, 0.1) is 0 Å². The van der Waals surface area contributed by atoms with E-state index in [2.05, 4.69) is 0 Å². The van der Waals surface area contributed by atoms with Gasteiger partial charge in [0.25, 0.3) is 11.8 Å². The standard InChI is InChI=1S/C21H22N2O4S/c1-22-20(24)18-11-10-17(14-19(18)21(22)25)28(26,27)23-12-6-5-9-16(23)13-15-7-3-2-4-8-15/h2-4,7-8,10-11,14,16H,5-6,9,12-13H2,1H3. The lowest BCUT2D eigenvalue weighted by atomic mass is 9.98. The second-order valence-electron chi connectivity index (χ2n) is 7.33. The molecule has 1 atom stereocenters. The van der Waals surface area contributed by atoms with E-state index in [0.717, 1.165) is 29.7 Å². The van der Waals surface area contributed by atoms with Gasteiger partial charge in [0.2, 0.25) is 10.0 Å². The van der Waals surface area contributed by atoms with E-state index < -0.39 is 21.8 Å². The van der Waals surface area contributed by atoms with E-state index in [1.54, 1.807) is 4.31 Å². The molecule has 1 fully saturated rings. The van der Waals surface area contributed by atoms with Gasteiger partial charge in [0.05, 0.1) is 16.0 Å². The second-order valence-corrected chi connectivity index (χ2v) is 9.22. The van der Waals surface area contributed by atoms with Crippen molar-refractivity contribution in [2.75, 3.05) is 13.6 Å². The van der Waals surface area contributed by atoms with Crippen LogP contribution in [-0.2, 0) is 16.4 Å². The highest BCUT2D eigenvalue weighted by Gasteiger charge is 2.37. The number of rotatable bonds is 4. The van der Waals surface area contributed by atoms with Gasteiger partial charge in [-0.1, -0.05) is 36.8 Å². The van der Waals surface area contributed by atoms with Crippen molar-refractivity contribution in [2.45, 2.75) is 36.6 Å². The fourth-order valence-electron chi connectivity index (χ4n) is 4.02. The summed E-state index contributed by atoms with van der Waals surface area (Å²) in [5, 5.41) is 0. The van der Waals surface area contributed by atoms with Crippen molar-refractivity contribution < 1.29 is 18.0 Å². The summed E-state index contributed by atoms with van der Waals surface area (Å²) in [6.07, 6.45) is 3.27. The first-order valence-electron chi connectivity index (χ1n) is 9.42. The number of carbonyl (C=O) groups is 2. The quantitative estimate of drug-likeness (QED) is 0.742. The first kappa shape index (κ1) is 18.8. The van der Waals surface area contributed by atoms with Crippen LogP contribution in [0.4, 0.5) is 0 Å². The molecule has 146 valence electrons. The average molecular weight is 398 g/mol. The molecule has 2 heterocycles. The highest BCUT2D eigenvalue weighted by atomic mass is 32.2. The van der Waals surface area contributed by atoms with Gasteiger partial charge in [-0.2, -0.15) is 4.31 Å². The molecule has 28 heavy (non-hydrogen) atoms. The van der Waals surface area contributed by atoms with E-state index in [0.29, 0.717) is 13.0 Å². The van der Waals surface area contributed by atoms with Crippen molar-refractivity contribution in [2.24, 2.45) is 0 Å². The average Bonchev–Trinajstić information content (AvgIpc) is 2.93. The van der Waals surface area contributed by atoms with Crippen molar-refractivity contribution >= 4 is 21.8 Å². The molecule has 0 saturated carbocycles. The summed E-state index contributed by atoms with van der Waals surface area (Å²) < 4.78 is 28.3. The fourth-order valence-corrected chi connectivity index (χ4v) is 5.74. The zero-order valence-corrected chi connectivity index (χ0v) is 16.5. The van der Waals surface area contributed by atoms with E-state index >= 15 is 0 Å². The van der Waals surface area contributed by atoms with Crippen LogP contribution in [0.2, 0.25) is 0 Å². The Kier molecular flexibility index (Phi) is 4.81. The summed E-state index contributed by atoms with van der Waals surface area (Å²) in [4.78, 5) is 25.4. The maximum absolute atomic E-state index is 13.4. The van der Waals surface area contributed by atoms with Crippen molar-refractivity contribution in [3.63, 3.8) is 0 Å². The molecule has 2 aliphatic heterocycles. The van der Waals surface area contributed by atoms with Gasteiger partial charge in [-0.05, 0) is 43.0 Å². The zero-order valence-electron chi connectivity index (χ0n) is 15.7. The van der Waals surface area contributed by atoms with Crippen LogP contribution < -0.4 is 0 Å². The summed E-state index contributed by atoms with van der Waals surface area (Å²) >= 11 is 0. The van der Waals surface area contributed by atoms with Crippen molar-refractivity contribution in [1.82, 2.24) is 9.21 Å². The number of hydrogen-bond donors (Lipinski definition) is 0. The molecule has 0 bridgehead atoms. The predicted octanol–water partition coefficient (Wildman–Crippen LogP) is 2.70.